The number of hydrogen-bond acceptors (Lipinski definition) is 5. The Labute approximate surface area is 109 Å². The van der Waals surface area contributed by atoms with Gasteiger partial charge in [0, 0.05) is 20.1 Å². The fourth-order valence-electron chi connectivity index (χ4n) is 1.26. The molecular formula is C13H23N3O2. The van der Waals surface area contributed by atoms with Crippen molar-refractivity contribution >= 4 is 5.82 Å². The summed E-state index contributed by atoms with van der Waals surface area (Å²) in [5.74, 6) is 1.29. The van der Waals surface area contributed by atoms with Crippen LogP contribution in [-0.4, -0.2) is 35.8 Å². The van der Waals surface area contributed by atoms with Gasteiger partial charge in [-0.15, -0.1) is 0 Å². The Morgan fingerprint density at radius 2 is 2.11 bits per heavy atom. The van der Waals surface area contributed by atoms with Crippen molar-refractivity contribution < 1.29 is 9.47 Å². The van der Waals surface area contributed by atoms with Gasteiger partial charge in [-0.2, -0.15) is 4.98 Å². The predicted octanol–water partition coefficient (Wildman–Crippen LogP) is 2.49. The van der Waals surface area contributed by atoms with E-state index in [-0.39, 0.29) is 5.60 Å². The topological polar surface area (TPSA) is 56.3 Å². The molecule has 5 nitrogen and oxygen atoms in total. The summed E-state index contributed by atoms with van der Waals surface area (Å²) in [6, 6.07) is 0. The van der Waals surface area contributed by atoms with Gasteiger partial charge in [0.2, 0.25) is 5.88 Å². The number of aromatic nitrogens is 2. The molecule has 0 spiro atoms. The summed E-state index contributed by atoms with van der Waals surface area (Å²) in [6.07, 6.45) is 5.17. The van der Waals surface area contributed by atoms with Crippen LogP contribution in [0.4, 0.5) is 5.82 Å². The van der Waals surface area contributed by atoms with E-state index in [1.54, 1.807) is 19.5 Å². The largest absolute Gasteiger partial charge is 0.476 e. The second-order valence-electron chi connectivity index (χ2n) is 4.73. The number of methoxy groups -OCH3 is 1. The van der Waals surface area contributed by atoms with Gasteiger partial charge < -0.3 is 14.8 Å². The van der Waals surface area contributed by atoms with Crippen LogP contribution >= 0.6 is 0 Å². The number of anilines is 1. The van der Waals surface area contributed by atoms with Crippen molar-refractivity contribution in [1.82, 2.24) is 9.97 Å². The van der Waals surface area contributed by atoms with Crippen LogP contribution in [0.1, 0.15) is 33.6 Å². The van der Waals surface area contributed by atoms with E-state index in [2.05, 4.69) is 22.2 Å². The van der Waals surface area contributed by atoms with Gasteiger partial charge in [-0.3, -0.25) is 4.98 Å². The zero-order valence-electron chi connectivity index (χ0n) is 11.7. The molecule has 0 atom stereocenters. The molecule has 18 heavy (non-hydrogen) atoms. The molecule has 0 aromatic carbocycles. The Morgan fingerprint density at radius 1 is 1.33 bits per heavy atom. The molecule has 1 aromatic heterocycles. The molecule has 0 saturated carbocycles. The molecule has 0 unspecified atom stereocenters. The van der Waals surface area contributed by atoms with E-state index in [0.717, 1.165) is 25.2 Å². The lowest BCUT2D eigenvalue weighted by molar-refractivity contribution is 0.00506. The molecular weight excluding hydrogens is 230 g/mol. The molecule has 5 heteroatoms. The van der Waals surface area contributed by atoms with Crippen molar-refractivity contribution in [2.24, 2.45) is 0 Å². The van der Waals surface area contributed by atoms with Gasteiger partial charge in [-0.25, -0.2) is 0 Å². The summed E-state index contributed by atoms with van der Waals surface area (Å²) in [4.78, 5) is 8.41. The summed E-state index contributed by atoms with van der Waals surface area (Å²) in [5, 5.41) is 3.17. The molecule has 0 saturated heterocycles. The number of nitrogens with zero attached hydrogens (tertiary/aromatic N) is 2. The molecule has 0 aliphatic heterocycles. The lowest BCUT2D eigenvalue weighted by atomic mass is 10.1. The number of nitrogens with one attached hydrogen (secondary N) is 1. The van der Waals surface area contributed by atoms with Crippen molar-refractivity contribution in [2.45, 2.75) is 39.2 Å². The fourth-order valence-corrected chi connectivity index (χ4v) is 1.26. The quantitative estimate of drug-likeness (QED) is 0.771. The lowest BCUT2D eigenvalue weighted by Crippen LogP contribution is -2.25. The van der Waals surface area contributed by atoms with Crippen LogP contribution in [0, 0.1) is 0 Å². The Kier molecular flexibility index (Phi) is 5.85. The van der Waals surface area contributed by atoms with Gasteiger partial charge in [-0.05, 0) is 20.3 Å². The molecule has 102 valence electrons. The third-order valence-corrected chi connectivity index (χ3v) is 2.68. The highest BCUT2D eigenvalue weighted by atomic mass is 16.5. The highest BCUT2D eigenvalue weighted by Gasteiger charge is 2.16. The van der Waals surface area contributed by atoms with Gasteiger partial charge in [0.1, 0.15) is 5.82 Å². The molecule has 0 aliphatic rings. The minimum Gasteiger partial charge on any atom is -0.476 e. The van der Waals surface area contributed by atoms with Crippen LogP contribution in [0.3, 0.4) is 0 Å². The van der Waals surface area contributed by atoms with E-state index in [0.29, 0.717) is 12.5 Å². The van der Waals surface area contributed by atoms with E-state index in [1.165, 1.54) is 0 Å². The normalized spacial score (nSPS) is 11.3. The molecule has 1 rings (SSSR count). The van der Waals surface area contributed by atoms with E-state index in [4.69, 9.17) is 9.47 Å². The molecule has 0 radical (unpaired) electrons. The predicted molar refractivity (Wildman–Crippen MR) is 72.0 cm³/mol. The van der Waals surface area contributed by atoms with Crippen molar-refractivity contribution in [1.29, 1.82) is 0 Å². The van der Waals surface area contributed by atoms with Crippen LogP contribution in [-0.2, 0) is 4.74 Å². The number of ether oxygens (including phenoxy) is 2. The molecule has 0 aliphatic carbocycles. The highest BCUT2D eigenvalue weighted by molar-refractivity contribution is 5.32. The summed E-state index contributed by atoms with van der Waals surface area (Å²) in [5.41, 5.74) is -0.175. The molecule has 0 bridgehead atoms. The first-order chi connectivity index (χ1) is 8.57. The maximum atomic E-state index is 5.57. The van der Waals surface area contributed by atoms with Crippen molar-refractivity contribution in [3.05, 3.63) is 12.4 Å². The third-order valence-electron chi connectivity index (χ3n) is 2.68. The lowest BCUT2D eigenvalue weighted by Gasteiger charge is -2.22. The molecule has 0 amide bonds. The first-order valence-corrected chi connectivity index (χ1v) is 6.31. The van der Waals surface area contributed by atoms with E-state index in [1.807, 2.05) is 13.8 Å². The average molecular weight is 253 g/mol. The van der Waals surface area contributed by atoms with E-state index in [9.17, 15) is 0 Å². The van der Waals surface area contributed by atoms with Gasteiger partial charge in [-0.1, -0.05) is 6.92 Å². The summed E-state index contributed by atoms with van der Waals surface area (Å²) in [7, 11) is 1.70. The van der Waals surface area contributed by atoms with Crippen LogP contribution in [0.2, 0.25) is 0 Å². The minimum atomic E-state index is -0.175. The first kappa shape index (κ1) is 14.7. The average Bonchev–Trinajstić information content (AvgIpc) is 2.37. The Bertz CT molecular complexity index is 356. The molecule has 1 aromatic rings. The molecule has 0 fully saturated rings. The second kappa shape index (κ2) is 7.16. The van der Waals surface area contributed by atoms with Gasteiger partial charge in [0.05, 0.1) is 24.6 Å². The van der Waals surface area contributed by atoms with Crippen molar-refractivity contribution in [3.8, 4) is 5.88 Å². The smallest absolute Gasteiger partial charge is 0.234 e. The van der Waals surface area contributed by atoms with E-state index >= 15 is 0 Å². The van der Waals surface area contributed by atoms with Gasteiger partial charge in [0.25, 0.3) is 0 Å². The van der Waals surface area contributed by atoms with Gasteiger partial charge in [0.15, 0.2) is 0 Å². The van der Waals surface area contributed by atoms with Crippen molar-refractivity contribution in [3.63, 3.8) is 0 Å². The zero-order valence-corrected chi connectivity index (χ0v) is 11.7. The molecule has 1 heterocycles. The molecule has 1 N–H and O–H groups in total. The third kappa shape index (κ3) is 5.31. The number of hydrogen-bond donors (Lipinski definition) is 1. The summed E-state index contributed by atoms with van der Waals surface area (Å²) in [6.45, 7) is 7.61. The Hall–Kier alpha value is -1.36. The second-order valence-corrected chi connectivity index (χ2v) is 4.73. The standard InChI is InChI=1S/C13H23N3O2/c1-5-7-15-11-9-14-10-12(16-11)18-8-6-13(2,3)17-4/h9-10H,5-8H2,1-4H3,(H,15,16). The summed E-state index contributed by atoms with van der Waals surface area (Å²) < 4.78 is 10.9. The minimum absolute atomic E-state index is 0.175. The Morgan fingerprint density at radius 3 is 2.78 bits per heavy atom. The van der Waals surface area contributed by atoms with Crippen LogP contribution < -0.4 is 10.1 Å². The monoisotopic (exact) mass is 253 g/mol. The van der Waals surface area contributed by atoms with Crippen molar-refractivity contribution in [2.75, 3.05) is 25.6 Å². The van der Waals surface area contributed by atoms with Crippen LogP contribution in [0.25, 0.3) is 0 Å². The highest BCUT2D eigenvalue weighted by Crippen LogP contribution is 2.14. The van der Waals surface area contributed by atoms with E-state index < -0.39 is 0 Å². The zero-order chi connectivity index (χ0) is 13.4. The van der Waals surface area contributed by atoms with Crippen LogP contribution in [0.15, 0.2) is 12.4 Å². The first-order valence-electron chi connectivity index (χ1n) is 6.31. The SMILES string of the molecule is CCCNc1cncc(OCCC(C)(C)OC)n1. The van der Waals surface area contributed by atoms with Gasteiger partial charge >= 0.3 is 0 Å². The van der Waals surface area contributed by atoms with Crippen LogP contribution in [0.5, 0.6) is 5.88 Å². The Balaban J connectivity index is 2.42. The maximum Gasteiger partial charge on any atom is 0.234 e. The fraction of sp³-hybridized carbons (Fsp3) is 0.692. The number of rotatable bonds is 8. The summed E-state index contributed by atoms with van der Waals surface area (Å²) >= 11 is 0. The maximum absolute atomic E-state index is 5.57.